The van der Waals surface area contributed by atoms with Gasteiger partial charge in [0.2, 0.25) is 0 Å². The van der Waals surface area contributed by atoms with E-state index in [4.69, 9.17) is 0 Å². The van der Waals surface area contributed by atoms with Crippen LogP contribution in [0.4, 0.5) is 5.69 Å². The molecule has 1 aliphatic carbocycles. The second kappa shape index (κ2) is 15.4. The summed E-state index contributed by atoms with van der Waals surface area (Å²) in [4.78, 5) is 0. The molecule has 226 valence electrons. The summed E-state index contributed by atoms with van der Waals surface area (Å²) in [6.07, 6.45) is 18.3. The maximum atomic E-state index is 3.81. The Balaban J connectivity index is 0.00000405. The average molecular weight is 631 g/mol. The van der Waals surface area contributed by atoms with Gasteiger partial charge in [-0.05, 0) is 64.1 Å². The molecule has 3 aromatic carbocycles. The van der Waals surface area contributed by atoms with Crippen molar-refractivity contribution in [1.82, 2.24) is 10.5 Å². The Bertz CT molecular complexity index is 1300. The van der Waals surface area contributed by atoms with E-state index >= 15 is 0 Å². The Morgan fingerprint density at radius 1 is 0.738 bits per heavy atom. The molecule has 2 aliphatic rings. The molecule has 3 nitrogen and oxygen atoms in total. The Labute approximate surface area is 266 Å². The number of quaternary nitrogens is 1. The minimum absolute atomic E-state index is 0. The van der Waals surface area contributed by atoms with Crippen LogP contribution < -0.4 is 27.5 Å². The Morgan fingerprint density at radius 2 is 1.38 bits per heavy atom. The quantitative estimate of drug-likeness (QED) is 0.163. The van der Waals surface area contributed by atoms with Crippen molar-refractivity contribution in [2.45, 2.75) is 117 Å². The van der Waals surface area contributed by atoms with Crippen molar-refractivity contribution in [2.75, 3.05) is 0 Å². The standard InChI is InChI=1S/C38H51N3.BrH/c1-5-6-7-8-9-10-11-12-13-14-18-35-29-41(39-40(35)28-30-20-22-33(23-21-30)38(2,3)4)34-24-25-37-32(27-34)26-31-17-15-16-19-36(31)37;/h15-17,19-25,27,29,39H,5-14,18,26,28H2,1-4H3;1H. The number of benzene rings is 3. The first-order chi connectivity index (χ1) is 19.9. The summed E-state index contributed by atoms with van der Waals surface area (Å²) in [7, 11) is 0. The highest BCUT2D eigenvalue weighted by Gasteiger charge is 2.28. The van der Waals surface area contributed by atoms with Gasteiger partial charge in [-0.25, -0.2) is 0 Å². The Hall–Kier alpha value is -2.40. The third-order valence-electron chi connectivity index (χ3n) is 8.96. The number of rotatable bonds is 14. The normalized spacial score (nSPS) is 15.8. The van der Waals surface area contributed by atoms with Crippen LogP contribution in [0.2, 0.25) is 0 Å². The second-order valence-corrected chi connectivity index (χ2v) is 13.3. The highest BCUT2D eigenvalue weighted by atomic mass is 79.9. The largest absolute Gasteiger partial charge is 1.00 e. The van der Waals surface area contributed by atoms with E-state index in [0.29, 0.717) is 0 Å². The van der Waals surface area contributed by atoms with Crippen molar-refractivity contribution in [3.63, 3.8) is 0 Å². The van der Waals surface area contributed by atoms with E-state index in [1.54, 1.807) is 0 Å². The van der Waals surface area contributed by atoms with Gasteiger partial charge in [-0.15, -0.1) is 0 Å². The summed E-state index contributed by atoms with van der Waals surface area (Å²) in [5, 5.41) is 3.63. The predicted molar refractivity (Wildman–Crippen MR) is 174 cm³/mol. The second-order valence-electron chi connectivity index (χ2n) is 13.3. The van der Waals surface area contributed by atoms with E-state index in [9.17, 15) is 0 Å². The molecule has 1 atom stereocenters. The molecule has 0 saturated heterocycles. The fourth-order valence-corrected chi connectivity index (χ4v) is 6.39. The van der Waals surface area contributed by atoms with Gasteiger partial charge in [0.05, 0.1) is 12.2 Å². The highest BCUT2D eigenvalue weighted by Crippen LogP contribution is 2.37. The van der Waals surface area contributed by atoms with Gasteiger partial charge < -0.3 is 17.0 Å². The molecule has 4 heteroatoms. The van der Waals surface area contributed by atoms with Crippen molar-refractivity contribution in [3.05, 3.63) is 101 Å². The summed E-state index contributed by atoms with van der Waals surface area (Å²) >= 11 is 0. The SMILES string of the molecule is CCCCCCCCCCCCC1=C[NH+](c2ccc3c(c2)Cc2ccccc2-3)NN1Cc1ccc(C(C)(C)C)cc1.[Br-]. The van der Waals surface area contributed by atoms with Crippen molar-refractivity contribution in [1.29, 1.82) is 0 Å². The molecule has 1 unspecified atom stereocenters. The van der Waals surface area contributed by atoms with E-state index in [1.807, 2.05) is 0 Å². The maximum Gasteiger partial charge on any atom is 0.157 e. The number of nitrogens with one attached hydrogen (secondary N) is 2. The van der Waals surface area contributed by atoms with Crippen LogP contribution in [0.15, 0.2) is 78.6 Å². The van der Waals surface area contributed by atoms with Crippen LogP contribution in [0, 0.1) is 0 Å². The van der Waals surface area contributed by atoms with Crippen LogP contribution in [0.3, 0.4) is 0 Å². The van der Waals surface area contributed by atoms with E-state index < -0.39 is 0 Å². The monoisotopic (exact) mass is 629 g/mol. The molecule has 0 radical (unpaired) electrons. The van der Waals surface area contributed by atoms with Crippen molar-refractivity contribution in [3.8, 4) is 11.1 Å². The summed E-state index contributed by atoms with van der Waals surface area (Å²) in [6, 6.07) is 25.1. The zero-order chi connectivity index (χ0) is 28.7. The third kappa shape index (κ3) is 8.36. The lowest BCUT2D eigenvalue weighted by Crippen LogP contribution is -3.09. The lowest BCUT2D eigenvalue weighted by Gasteiger charge is -2.23. The smallest absolute Gasteiger partial charge is 0.157 e. The van der Waals surface area contributed by atoms with Crippen molar-refractivity contribution >= 4 is 5.69 Å². The lowest BCUT2D eigenvalue weighted by atomic mass is 9.87. The Kier molecular flexibility index (Phi) is 11.9. The molecule has 0 saturated carbocycles. The van der Waals surface area contributed by atoms with E-state index in [-0.39, 0.29) is 22.4 Å². The zero-order valence-electron chi connectivity index (χ0n) is 26.4. The fraction of sp³-hybridized carbons (Fsp3) is 0.474. The fourth-order valence-electron chi connectivity index (χ4n) is 6.39. The molecule has 2 N–H and O–H groups in total. The van der Waals surface area contributed by atoms with Gasteiger partial charge in [-0.3, -0.25) is 5.01 Å². The molecule has 0 fully saturated rings. The first-order valence-electron chi connectivity index (χ1n) is 16.3. The lowest BCUT2D eigenvalue weighted by molar-refractivity contribution is -0.835. The first-order valence-corrected chi connectivity index (χ1v) is 16.3. The summed E-state index contributed by atoms with van der Waals surface area (Å²) in [5.41, 5.74) is 15.1. The molecule has 0 bridgehead atoms. The first kappa shape index (κ1) is 32.5. The van der Waals surface area contributed by atoms with Crippen LogP contribution in [0.25, 0.3) is 11.1 Å². The number of hydrogen-bond donors (Lipinski definition) is 2. The molecular formula is C38H52BrN3. The molecule has 0 spiro atoms. The minimum Gasteiger partial charge on any atom is -1.00 e. The number of unbranched alkanes of at least 4 members (excludes halogenated alkanes) is 9. The van der Waals surface area contributed by atoms with Crippen LogP contribution in [-0.4, -0.2) is 5.01 Å². The van der Waals surface area contributed by atoms with Crippen molar-refractivity contribution in [2.24, 2.45) is 0 Å². The van der Waals surface area contributed by atoms with Crippen LogP contribution in [0.1, 0.15) is 121 Å². The highest BCUT2D eigenvalue weighted by molar-refractivity contribution is 5.77. The van der Waals surface area contributed by atoms with Crippen LogP contribution >= 0.6 is 0 Å². The van der Waals surface area contributed by atoms with Crippen LogP contribution in [-0.2, 0) is 18.4 Å². The van der Waals surface area contributed by atoms with Crippen molar-refractivity contribution < 1.29 is 22.0 Å². The van der Waals surface area contributed by atoms with Gasteiger partial charge in [-0.2, -0.15) is 5.01 Å². The van der Waals surface area contributed by atoms with E-state index in [0.717, 1.165) is 19.4 Å². The molecule has 1 aliphatic heterocycles. The van der Waals surface area contributed by atoms with E-state index in [2.05, 4.69) is 111 Å². The zero-order valence-corrected chi connectivity index (χ0v) is 28.0. The molecule has 0 aromatic heterocycles. The third-order valence-corrected chi connectivity index (χ3v) is 8.96. The molecule has 0 amide bonds. The predicted octanol–water partition coefficient (Wildman–Crippen LogP) is 6.16. The minimum atomic E-state index is 0. The summed E-state index contributed by atoms with van der Waals surface area (Å²) < 4.78 is 0. The number of fused-ring (bicyclic) bond motifs is 3. The molecule has 5 rings (SSSR count). The van der Waals surface area contributed by atoms with E-state index in [1.165, 1.54) is 114 Å². The number of nitrogens with zero attached hydrogens (tertiary/aromatic N) is 1. The van der Waals surface area contributed by atoms with Gasteiger partial charge >= 0.3 is 0 Å². The molecule has 42 heavy (non-hydrogen) atoms. The van der Waals surface area contributed by atoms with Crippen LogP contribution in [0.5, 0.6) is 0 Å². The van der Waals surface area contributed by atoms with Gasteiger partial charge in [0.1, 0.15) is 6.20 Å². The molecule has 1 heterocycles. The van der Waals surface area contributed by atoms with Gasteiger partial charge in [0, 0.05) is 12.1 Å². The maximum absolute atomic E-state index is 3.81. The Morgan fingerprint density at radius 3 is 2.07 bits per heavy atom. The number of hydrogen-bond acceptors (Lipinski definition) is 2. The average Bonchev–Trinajstić information content (AvgIpc) is 3.54. The number of halogens is 1. The topological polar surface area (TPSA) is 19.7 Å². The summed E-state index contributed by atoms with van der Waals surface area (Å²) in [5.74, 6) is 0. The molecule has 3 aromatic rings. The van der Waals surface area contributed by atoms with Gasteiger partial charge in [0.15, 0.2) is 5.69 Å². The number of hydrazine groups is 1. The molecular weight excluding hydrogens is 578 g/mol. The van der Waals surface area contributed by atoms with Gasteiger partial charge in [-0.1, -0.05) is 140 Å². The number of allylic oxidation sites excluding steroid dienone is 1. The summed E-state index contributed by atoms with van der Waals surface area (Å²) in [6.45, 7) is 10.0. The van der Waals surface area contributed by atoms with Gasteiger partial charge in [0.25, 0.3) is 0 Å².